The molecule has 1 unspecified atom stereocenters. The van der Waals surface area contributed by atoms with Crippen LogP contribution in [-0.2, 0) is 11.3 Å². The van der Waals surface area contributed by atoms with Crippen molar-refractivity contribution in [3.8, 4) is 5.75 Å². The number of alkyl halides is 2. The van der Waals surface area contributed by atoms with Gasteiger partial charge in [-0.3, -0.25) is 4.79 Å². The molecule has 0 aliphatic carbocycles. The highest BCUT2D eigenvalue weighted by atomic mass is 19.3. The summed E-state index contributed by atoms with van der Waals surface area (Å²) in [5.74, 6) is -0.250. The number of nitrogens with one attached hydrogen (secondary N) is 2. The summed E-state index contributed by atoms with van der Waals surface area (Å²) >= 11 is 0. The standard InChI is InChI=1S/C23H28F2N2O4/c1-5-19(15-10-12-17(13-11-15)30-21(24)25)27-20(28)18-9-7-6-8-16(18)14-26-22(29)31-23(2,3)4/h6-13,19,21H,5,14H2,1-4H3,(H,26,29)(H,27,28). The number of benzene rings is 2. The van der Waals surface area contributed by atoms with Crippen molar-refractivity contribution in [1.82, 2.24) is 10.6 Å². The van der Waals surface area contributed by atoms with Crippen molar-refractivity contribution >= 4 is 12.0 Å². The highest BCUT2D eigenvalue weighted by Gasteiger charge is 2.19. The van der Waals surface area contributed by atoms with Crippen LogP contribution in [0.4, 0.5) is 13.6 Å². The van der Waals surface area contributed by atoms with Gasteiger partial charge in [0.05, 0.1) is 6.04 Å². The average Bonchev–Trinajstić information content (AvgIpc) is 2.69. The first-order valence-electron chi connectivity index (χ1n) is 9.99. The van der Waals surface area contributed by atoms with E-state index in [-0.39, 0.29) is 24.2 Å². The summed E-state index contributed by atoms with van der Waals surface area (Å²) in [7, 11) is 0. The number of hydrogen-bond donors (Lipinski definition) is 2. The molecule has 8 heteroatoms. The van der Waals surface area contributed by atoms with Crippen molar-refractivity contribution in [2.75, 3.05) is 0 Å². The summed E-state index contributed by atoms with van der Waals surface area (Å²) in [5, 5.41) is 5.61. The van der Waals surface area contributed by atoms with Crippen LogP contribution in [0.1, 0.15) is 61.6 Å². The summed E-state index contributed by atoms with van der Waals surface area (Å²) in [4.78, 5) is 24.8. The fourth-order valence-corrected chi connectivity index (χ4v) is 2.92. The molecule has 0 fully saturated rings. The maximum absolute atomic E-state index is 12.9. The smallest absolute Gasteiger partial charge is 0.407 e. The van der Waals surface area contributed by atoms with Crippen LogP contribution in [0.3, 0.4) is 0 Å². The van der Waals surface area contributed by atoms with Gasteiger partial charge in [-0.05, 0) is 56.5 Å². The minimum atomic E-state index is -2.89. The molecule has 168 valence electrons. The molecule has 2 rings (SSSR count). The third-order valence-corrected chi connectivity index (χ3v) is 4.31. The molecule has 0 aliphatic rings. The van der Waals surface area contributed by atoms with Gasteiger partial charge in [0.2, 0.25) is 0 Å². The largest absolute Gasteiger partial charge is 0.444 e. The van der Waals surface area contributed by atoms with Gasteiger partial charge < -0.3 is 20.1 Å². The van der Waals surface area contributed by atoms with Gasteiger partial charge in [0.25, 0.3) is 5.91 Å². The Morgan fingerprint density at radius 2 is 1.68 bits per heavy atom. The summed E-state index contributed by atoms with van der Waals surface area (Å²) in [6.45, 7) is 4.46. The molecular weight excluding hydrogens is 406 g/mol. The monoisotopic (exact) mass is 434 g/mol. The number of amides is 2. The lowest BCUT2D eigenvalue weighted by Crippen LogP contribution is -2.33. The van der Waals surface area contributed by atoms with E-state index >= 15 is 0 Å². The molecule has 1 atom stereocenters. The normalized spacial score (nSPS) is 12.2. The second-order valence-electron chi connectivity index (χ2n) is 7.89. The summed E-state index contributed by atoms with van der Waals surface area (Å²) in [5.41, 5.74) is 1.21. The average molecular weight is 434 g/mol. The zero-order chi connectivity index (χ0) is 23.0. The Balaban J connectivity index is 2.07. The lowest BCUT2D eigenvalue weighted by atomic mass is 10.0. The number of carbonyl (C=O) groups excluding carboxylic acids is 2. The van der Waals surface area contributed by atoms with Crippen LogP contribution in [0.2, 0.25) is 0 Å². The molecule has 2 N–H and O–H groups in total. The quantitative estimate of drug-likeness (QED) is 0.599. The summed E-state index contributed by atoms with van der Waals surface area (Å²) in [6, 6.07) is 12.8. The van der Waals surface area contributed by atoms with E-state index in [0.717, 1.165) is 5.56 Å². The molecule has 0 aromatic heterocycles. The maximum atomic E-state index is 12.9. The molecule has 31 heavy (non-hydrogen) atoms. The van der Waals surface area contributed by atoms with Crippen LogP contribution < -0.4 is 15.4 Å². The molecule has 2 aromatic rings. The number of hydrogen-bond acceptors (Lipinski definition) is 4. The molecule has 2 aromatic carbocycles. The molecule has 0 bridgehead atoms. The third kappa shape index (κ3) is 7.88. The molecule has 0 saturated carbocycles. The first kappa shape index (κ1) is 24.1. The zero-order valence-electron chi connectivity index (χ0n) is 18.1. The summed E-state index contributed by atoms with van der Waals surface area (Å²) in [6.07, 6.45) is 0.0271. The highest BCUT2D eigenvalue weighted by molar-refractivity contribution is 5.96. The van der Waals surface area contributed by atoms with Gasteiger partial charge in [-0.1, -0.05) is 37.3 Å². The molecule has 0 aliphatic heterocycles. The van der Waals surface area contributed by atoms with Crippen LogP contribution in [-0.4, -0.2) is 24.2 Å². The van der Waals surface area contributed by atoms with E-state index in [9.17, 15) is 18.4 Å². The fraction of sp³-hybridized carbons (Fsp3) is 0.391. The fourth-order valence-electron chi connectivity index (χ4n) is 2.92. The Kier molecular flexibility index (Phi) is 8.36. The number of rotatable bonds is 8. The van der Waals surface area contributed by atoms with Crippen LogP contribution in [0.25, 0.3) is 0 Å². The Bertz CT molecular complexity index is 880. The van der Waals surface area contributed by atoms with E-state index in [0.29, 0.717) is 17.5 Å². The molecule has 0 heterocycles. The highest BCUT2D eigenvalue weighted by Crippen LogP contribution is 2.22. The number of halogens is 2. The van der Waals surface area contributed by atoms with Crippen molar-refractivity contribution in [3.63, 3.8) is 0 Å². The van der Waals surface area contributed by atoms with E-state index in [1.54, 1.807) is 57.2 Å². The molecule has 2 amide bonds. The zero-order valence-corrected chi connectivity index (χ0v) is 18.1. The van der Waals surface area contributed by atoms with Crippen LogP contribution in [0.5, 0.6) is 5.75 Å². The Morgan fingerprint density at radius 3 is 2.26 bits per heavy atom. The lowest BCUT2D eigenvalue weighted by Gasteiger charge is -2.21. The number of ether oxygens (including phenoxy) is 2. The van der Waals surface area contributed by atoms with E-state index in [2.05, 4.69) is 15.4 Å². The summed E-state index contributed by atoms with van der Waals surface area (Å²) < 4.78 is 34.2. The van der Waals surface area contributed by atoms with Crippen molar-refractivity contribution in [1.29, 1.82) is 0 Å². The Labute approximate surface area is 180 Å². The SMILES string of the molecule is CCC(NC(=O)c1ccccc1CNC(=O)OC(C)(C)C)c1ccc(OC(F)F)cc1. The van der Waals surface area contributed by atoms with E-state index in [1.807, 2.05) is 6.92 Å². The van der Waals surface area contributed by atoms with Crippen molar-refractivity contribution in [2.45, 2.75) is 58.9 Å². The first-order chi connectivity index (χ1) is 14.6. The number of carbonyl (C=O) groups is 2. The second-order valence-corrected chi connectivity index (χ2v) is 7.89. The minimum absolute atomic E-state index is 0.0542. The molecule has 0 radical (unpaired) electrons. The van der Waals surface area contributed by atoms with Gasteiger partial charge in [0.15, 0.2) is 0 Å². The van der Waals surface area contributed by atoms with E-state index < -0.39 is 18.3 Å². The Morgan fingerprint density at radius 1 is 1.03 bits per heavy atom. The van der Waals surface area contributed by atoms with Crippen molar-refractivity contribution < 1.29 is 27.8 Å². The first-order valence-corrected chi connectivity index (χ1v) is 9.99. The molecule has 0 saturated heterocycles. The third-order valence-electron chi connectivity index (χ3n) is 4.31. The lowest BCUT2D eigenvalue weighted by molar-refractivity contribution is -0.0498. The van der Waals surface area contributed by atoms with Gasteiger partial charge in [0, 0.05) is 12.1 Å². The minimum Gasteiger partial charge on any atom is -0.444 e. The van der Waals surface area contributed by atoms with Crippen LogP contribution >= 0.6 is 0 Å². The van der Waals surface area contributed by atoms with Gasteiger partial charge in [-0.25, -0.2) is 4.79 Å². The van der Waals surface area contributed by atoms with Crippen molar-refractivity contribution in [2.24, 2.45) is 0 Å². The molecular formula is C23H28F2N2O4. The van der Waals surface area contributed by atoms with Gasteiger partial charge in [-0.2, -0.15) is 8.78 Å². The topological polar surface area (TPSA) is 76.7 Å². The van der Waals surface area contributed by atoms with Gasteiger partial charge >= 0.3 is 12.7 Å². The predicted molar refractivity (Wildman–Crippen MR) is 113 cm³/mol. The van der Waals surface area contributed by atoms with E-state index in [4.69, 9.17) is 4.74 Å². The van der Waals surface area contributed by atoms with Gasteiger partial charge in [-0.15, -0.1) is 0 Å². The van der Waals surface area contributed by atoms with E-state index in [1.165, 1.54) is 12.1 Å². The number of alkyl carbamates (subject to hydrolysis) is 1. The van der Waals surface area contributed by atoms with Crippen LogP contribution in [0.15, 0.2) is 48.5 Å². The predicted octanol–water partition coefficient (Wildman–Crippen LogP) is 5.19. The Hall–Kier alpha value is -3.16. The van der Waals surface area contributed by atoms with Gasteiger partial charge in [0.1, 0.15) is 11.4 Å². The molecule has 6 nitrogen and oxygen atoms in total. The second kappa shape index (κ2) is 10.7. The van der Waals surface area contributed by atoms with Crippen molar-refractivity contribution in [3.05, 3.63) is 65.2 Å². The van der Waals surface area contributed by atoms with Crippen LogP contribution in [0, 0.1) is 0 Å². The molecule has 0 spiro atoms. The maximum Gasteiger partial charge on any atom is 0.407 e.